The lowest BCUT2D eigenvalue weighted by atomic mass is 9.95. The molecule has 1 aliphatic heterocycles. The Bertz CT molecular complexity index is 873. The molecule has 2 aromatic carbocycles. The number of Topliss-reactive ketones (excluding diaryl/α,β-unsaturated/α-hetero) is 1. The van der Waals surface area contributed by atoms with Gasteiger partial charge in [-0.25, -0.2) is 8.78 Å². The number of aliphatic hydroxyl groups excluding tert-OH is 1. The van der Waals surface area contributed by atoms with Gasteiger partial charge in [-0.05, 0) is 35.4 Å². The monoisotopic (exact) mass is 357 g/mol. The molecule has 0 spiro atoms. The molecule has 4 nitrogen and oxygen atoms in total. The standard InChI is InChI=1S/C20H17F2NO3/c1-2-16(24)17-18(13-5-9-15(22)10-6-13)23(20(26)19(17)25)11-12-3-7-14(21)8-4-12/h3-10,18,25H,2,11H2,1H3. The van der Waals surface area contributed by atoms with Crippen molar-refractivity contribution in [3.8, 4) is 0 Å². The average Bonchev–Trinajstić information content (AvgIpc) is 2.88. The van der Waals surface area contributed by atoms with E-state index in [1.807, 2.05) is 0 Å². The van der Waals surface area contributed by atoms with Crippen LogP contribution in [0.5, 0.6) is 0 Å². The van der Waals surface area contributed by atoms with Crippen LogP contribution in [0.25, 0.3) is 0 Å². The molecule has 1 aliphatic rings. The van der Waals surface area contributed by atoms with Gasteiger partial charge in [0.2, 0.25) is 0 Å². The first-order valence-corrected chi connectivity index (χ1v) is 8.19. The predicted octanol–water partition coefficient (Wildman–Crippen LogP) is 3.84. The molecule has 0 bridgehead atoms. The van der Waals surface area contributed by atoms with E-state index >= 15 is 0 Å². The quantitative estimate of drug-likeness (QED) is 0.885. The molecular formula is C20H17F2NO3. The lowest BCUT2D eigenvalue weighted by molar-refractivity contribution is -0.130. The highest BCUT2D eigenvalue weighted by molar-refractivity contribution is 6.08. The molecule has 0 fully saturated rings. The SMILES string of the molecule is CCC(=O)C1=C(O)C(=O)N(Cc2ccc(F)cc2)C1c1ccc(F)cc1. The van der Waals surface area contributed by atoms with Gasteiger partial charge in [0.25, 0.3) is 5.91 Å². The molecule has 1 N–H and O–H groups in total. The third kappa shape index (κ3) is 3.22. The highest BCUT2D eigenvalue weighted by Gasteiger charge is 2.42. The van der Waals surface area contributed by atoms with Gasteiger partial charge in [-0.2, -0.15) is 0 Å². The van der Waals surface area contributed by atoms with E-state index in [0.717, 1.165) is 0 Å². The van der Waals surface area contributed by atoms with E-state index in [1.165, 1.54) is 53.4 Å². The van der Waals surface area contributed by atoms with E-state index in [9.17, 15) is 23.5 Å². The van der Waals surface area contributed by atoms with Gasteiger partial charge in [0.15, 0.2) is 11.5 Å². The van der Waals surface area contributed by atoms with E-state index in [0.29, 0.717) is 11.1 Å². The summed E-state index contributed by atoms with van der Waals surface area (Å²) in [6.45, 7) is 1.71. The predicted molar refractivity (Wildman–Crippen MR) is 91.0 cm³/mol. The van der Waals surface area contributed by atoms with E-state index < -0.39 is 29.3 Å². The molecule has 1 heterocycles. The molecule has 134 valence electrons. The van der Waals surface area contributed by atoms with Crippen molar-refractivity contribution in [2.75, 3.05) is 0 Å². The summed E-state index contributed by atoms with van der Waals surface area (Å²) in [6, 6.07) is 10.2. The Kier molecular flexibility index (Phi) is 4.84. The zero-order valence-corrected chi connectivity index (χ0v) is 14.1. The van der Waals surface area contributed by atoms with Crippen LogP contribution in [0.3, 0.4) is 0 Å². The minimum absolute atomic E-state index is 0.00576. The van der Waals surface area contributed by atoms with Crippen LogP contribution in [0.2, 0.25) is 0 Å². The summed E-state index contributed by atoms with van der Waals surface area (Å²) in [4.78, 5) is 26.3. The summed E-state index contributed by atoms with van der Waals surface area (Å²) in [6.07, 6.45) is 0.120. The molecule has 3 rings (SSSR count). The first-order chi connectivity index (χ1) is 12.4. The Hall–Kier alpha value is -3.02. The van der Waals surface area contributed by atoms with E-state index in [-0.39, 0.29) is 24.3 Å². The number of rotatable bonds is 5. The second-order valence-electron chi connectivity index (χ2n) is 6.05. The number of aliphatic hydroxyl groups is 1. The van der Waals surface area contributed by atoms with Crippen LogP contribution < -0.4 is 0 Å². The van der Waals surface area contributed by atoms with Gasteiger partial charge in [0, 0.05) is 13.0 Å². The zero-order chi connectivity index (χ0) is 18.8. The highest BCUT2D eigenvalue weighted by atomic mass is 19.1. The minimum atomic E-state index is -0.819. The van der Waals surface area contributed by atoms with Gasteiger partial charge in [-0.15, -0.1) is 0 Å². The van der Waals surface area contributed by atoms with E-state index in [4.69, 9.17) is 0 Å². The maximum Gasteiger partial charge on any atom is 0.290 e. The number of hydrogen-bond donors (Lipinski definition) is 1. The van der Waals surface area contributed by atoms with Crippen molar-refractivity contribution in [2.24, 2.45) is 0 Å². The van der Waals surface area contributed by atoms with Crippen LogP contribution >= 0.6 is 0 Å². The van der Waals surface area contributed by atoms with Crippen LogP contribution in [0, 0.1) is 11.6 Å². The lowest BCUT2D eigenvalue weighted by Gasteiger charge is -2.27. The molecule has 2 aromatic rings. The molecule has 0 aromatic heterocycles. The maximum atomic E-state index is 13.3. The van der Waals surface area contributed by atoms with Crippen LogP contribution in [0.15, 0.2) is 59.9 Å². The molecule has 26 heavy (non-hydrogen) atoms. The third-order valence-electron chi connectivity index (χ3n) is 4.38. The topological polar surface area (TPSA) is 57.6 Å². The van der Waals surface area contributed by atoms with Crippen molar-refractivity contribution in [3.63, 3.8) is 0 Å². The van der Waals surface area contributed by atoms with E-state index in [2.05, 4.69) is 0 Å². The van der Waals surface area contributed by atoms with Crippen LogP contribution in [0.4, 0.5) is 8.78 Å². The second-order valence-corrected chi connectivity index (χ2v) is 6.05. The van der Waals surface area contributed by atoms with Crippen molar-refractivity contribution in [1.82, 2.24) is 4.90 Å². The summed E-state index contributed by atoms with van der Waals surface area (Å²) in [5, 5.41) is 10.3. The Balaban J connectivity index is 2.04. The molecular weight excluding hydrogens is 340 g/mol. The number of nitrogens with zero attached hydrogens (tertiary/aromatic N) is 1. The number of halogens is 2. The molecule has 0 aliphatic carbocycles. The number of ketones is 1. The molecule has 0 radical (unpaired) electrons. The average molecular weight is 357 g/mol. The van der Waals surface area contributed by atoms with Gasteiger partial charge < -0.3 is 10.0 Å². The summed E-state index contributed by atoms with van der Waals surface area (Å²) >= 11 is 0. The number of amides is 1. The number of benzene rings is 2. The fourth-order valence-corrected chi connectivity index (χ4v) is 3.07. The summed E-state index contributed by atoms with van der Waals surface area (Å²) in [7, 11) is 0. The van der Waals surface area contributed by atoms with Gasteiger partial charge in [-0.3, -0.25) is 9.59 Å². The fourth-order valence-electron chi connectivity index (χ4n) is 3.07. The summed E-state index contributed by atoms with van der Waals surface area (Å²) < 4.78 is 26.4. The molecule has 0 saturated heterocycles. The highest BCUT2D eigenvalue weighted by Crippen LogP contribution is 2.39. The van der Waals surface area contributed by atoms with Crippen LogP contribution in [-0.4, -0.2) is 21.7 Å². The Morgan fingerprint density at radius 1 is 1.04 bits per heavy atom. The number of carbonyl (C=O) groups is 2. The van der Waals surface area contributed by atoms with Gasteiger partial charge >= 0.3 is 0 Å². The van der Waals surface area contributed by atoms with Gasteiger partial charge in [0.05, 0.1) is 11.6 Å². The van der Waals surface area contributed by atoms with Crippen molar-refractivity contribution >= 4 is 11.7 Å². The first-order valence-electron chi connectivity index (χ1n) is 8.19. The van der Waals surface area contributed by atoms with Crippen LogP contribution in [0.1, 0.15) is 30.5 Å². The number of hydrogen-bond acceptors (Lipinski definition) is 3. The maximum absolute atomic E-state index is 13.3. The van der Waals surface area contributed by atoms with Gasteiger partial charge in [0.1, 0.15) is 11.6 Å². The zero-order valence-electron chi connectivity index (χ0n) is 14.1. The second kappa shape index (κ2) is 7.07. The number of carbonyl (C=O) groups excluding carboxylic acids is 2. The Morgan fingerprint density at radius 2 is 1.58 bits per heavy atom. The Morgan fingerprint density at radius 3 is 2.12 bits per heavy atom. The largest absolute Gasteiger partial charge is 0.503 e. The smallest absolute Gasteiger partial charge is 0.290 e. The van der Waals surface area contributed by atoms with Gasteiger partial charge in [-0.1, -0.05) is 31.2 Å². The molecule has 1 unspecified atom stereocenters. The molecule has 6 heteroatoms. The van der Waals surface area contributed by atoms with Crippen molar-refractivity contribution in [2.45, 2.75) is 25.9 Å². The lowest BCUT2D eigenvalue weighted by Crippen LogP contribution is -2.30. The third-order valence-corrected chi connectivity index (χ3v) is 4.38. The van der Waals surface area contributed by atoms with E-state index in [1.54, 1.807) is 6.92 Å². The molecule has 1 amide bonds. The van der Waals surface area contributed by atoms with Crippen molar-refractivity contribution in [3.05, 3.63) is 82.6 Å². The van der Waals surface area contributed by atoms with Crippen molar-refractivity contribution < 1.29 is 23.5 Å². The van der Waals surface area contributed by atoms with Crippen LogP contribution in [-0.2, 0) is 16.1 Å². The minimum Gasteiger partial charge on any atom is -0.503 e. The summed E-state index contributed by atoms with van der Waals surface area (Å²) in [5.74, 6) is -2.47. The first kappa shape index (κ1) is 17.8. The summed E-state index contributed by atoms with van der Waals surface area (Å²) in [5.41, 5.74) is 1.17. The molecule has 1 atom stereocenters. The van der Waals surface area contributed by atoms with Crippen molar-refractivity contribution in [1.29, 1.82) is 0 Å². The Labute approximate surface area is 149 Å². The fraction of sp³-hybridized carbons (Fsp3) is 0.200. The molecule has 0 saturated carbocycles. The normalized spacial score (nSPS) is 17.1.